The number of piperazine rings is 1. The van der Waals surface area contributed by atoms with Crippen LogP contribution in [-0.4, -0.2) is 66.1 Å². The van der Waals surface area contributed by atoms with Crippen LogP contribution in [-0.2, 0) is 9.59 Å². The standard InChI is InChI=1S/C21H24N2O5/c1-16-5-7-18(8-6-16)27-14-20(25)22-9-11-23(12-10-22)21(26)15-28-19-4-2-3-17(24)13-19/h2-8,13,24H,9-12,14-15H2,1H3. The predicted octanol–water partition coefficient (Wildman–Crippen LogP) is 1.83. The number of carbonyl (C=O) groups is 2. The molecule has 0 spiro atoms. The quantitative estimate of drug-likeness (QED) is 0.822. The highest BCUT2D eigenvalue weighted by molar-refractivity contribution is 5.80. The fraction of sp³-hybridized carbons (Fsp3) is 0.333. The average Bonchev–Trinajstić information content (AvgIpc) is 2.71. The zero-order chi connectivity index (χ0) is 19.9. The van der Waals surface area contributed by atoms with Gasteiger partial charge in [0.1, 0.15) is 17.2 Å². The molecule has 0 aromatic heterocycles. The molecule has 0 bridgehead atoms. The van der Waals surface area contributed by atoms with Crippen LogP contribution in [0.4, 0.5) is 0 Å². The van der Waals surface area contributed by atoms with Crippen LogP contribution in [0.15, 0.2) is 48.5 Å². The molecular formula is C21H24N2O5. The Balaban J connectivity index is 1.40. The molecule has 7 heteroatoms. The minimum Gasteiger partial charge on any atom is -0.508 e. The molecule has 2 aromatic carbocycles. The second-order valence-corrected chi connectivity index (χ2v) is 6.65. The van der Waals surface area contributed by atoms with E-state index in [9.17, 15) is 14.7 Å². The smallest absolute Gasteiger partial charge is 0.260 e. The number of amides is 2. The van der Waals surface area contributed by atoms with E-state index in [0.29, 0.717) is 37.7 Å². The van der Waals surface area contributed by atoms with E-state index in [-0.39, 0.29) is 30.8 Å². The van der Waals surface area contributed by atoms with Crippen LogP contribution < -0.4 is 9.47 Å². The summed E-state index contributed by atoms with van der Waals surface area (Å²) in [6.45, 7) is 3.72. The number of hydrogen-bond acceptors (Lipinski definition) is 5. The molecule has 1 N–H and O–H groups in total. The summed E-state index contributed by atoms with van der Waals surface area (Å²) in [6.07, 6.45) is 0. The highest BCUT2D eigenvalue weighted by Crippen LogP contribution is 2.18. The predicted molar refractivity (Wildman–Crippen MR) is 103 cm³/mol. The van der Waals surface area contributed by atoms with E-state index >= 15 is 0 Å². The van der Waals surface area contributed by atoms with Crippen molar-refractivity contribution in [1.29, 1.82) is 0 Å². The Morgan fingerprint density at radius 3 is 1.93 bits per heavy atom. The Morgan fingerprint density at radius 1 is 0.857 bits per heavy atom. The SMILES string of the molecule is Cc1ccc(OCC(=O)N2CCN(C(=O)COc3cccc(O)c3)CC2)cc1. The third kappa shape index (κ3) is 5.39. The van der Waals surface area contributed by atoms with Crippen molar-refractivity contribution < 1.29 is 24.2 Å². The van der Waals surface area contributed by atoms with Gasteiger partial charge in [0.15, 0.2) is 13.2 Å². The first-order chi connectivity index (χ1) is 13.5. The van der Waals surface area contributed by atoms with Crippen molar-refractivity contribution in [3.05, 3.63) is 54.1 Å². The third-order valence-electron chi connectivity index (χ3n) is 4.55. The number of aryl methyl sites for hydroxylation is 1. The van der Waals surface area contributed by atoms with E-state index in [1.807, 2.05) is 31.2 Å². The number of carbonyl (C=O) groups excluding carboxylic acids is 2. The van der Waals surface area contributed by atoms with Gasteiger partial charge in [0.05, 0.1) is 0 Å². The maximum atomic E-state index is 12.3. The fourth-order valence-corrected chi connectivity index (χ4v) is 2.89. The molecule has 7 nitrogen and oxygen atoms in total. The number of phenols is 1. The van der Waals surface area contributed by atoms with E-state index < -0.39 is 0 Å². The fourth-order valence-electron chi connectivity index (χ4n) is 2.89. The second-order valence-electron chi connectivity index (χ2n) is 6.65. The molecular weight excluding hydrogens is 360 g/mol. The van der Waals surface area contributed by atoms with Gasteiger partial charge in [-0.3, -0.25) is 9.59 Å². The first-order valence-electron chi connectivity index (χ1n) is 9.18. The molecule has 0 radical (unpaired) electrons. The van der Waals surface area contributed by atoms with Crippen molar-refractivity contribution >= 4 is 11.8 Å². The van der Waals surface area contributed by atoms with Gasteiger partial charge >= 0.3 is 0 Å². The lowest BCUT2D eigenvalue weighted by atomic mass is 10.2. The molecule has 0 aliphatic carbocycles. The van der Waals surface area contributed by atoms with Crippen molar-refractivity contribution in [3.63, 3.8) is 0 Å². The molecule has 3 rings (SSSR count). The van der Waals surface area contributed by atoms with E-state index in [4.69, 9.17) is 9.47 Å². The third-order valence-corrected chi connectivity index (χ3v) is 4.55. The van der Waals surface area contributed by atoms with Gasteiger partial charge in [0.25, 0.3) is 11.8 Å². The monoisotopic (exact) mass is 384 g/mol. The number of aromatic hydroxyl groups is 1. The van der Waals surface area contributed by atoms with Gasteiger partial charge < -0.3 is 24.4 Å². The molecule has 0 atom stereocenters. The van der Waals surface area contributed by atoms with E-state index in [2.05, 4.69) is 0 Å². The minimum atomic E-state index is -0.147. The van der Waals surface area contributed by atoms with Gasteiger partial charge in [-0.1, -0.05) is 23.8 Å². The van der Waals surface area contributed by atoms with Crippen LogP contribution >= 0.6 is 0 Å². The molecule has 28 heavy (non-hydrogen) atoms. The lowest BCUT2D eigenvalue weighted by Crippen LogP contribution is -2.52. The van der Waals surface area contributed by atoms with Gasteiger partial charge in [0, 0.05) is 32.2 Å². The van der Waals surface area contributed by atoms with Gasteiger partial charge in [-0.2, -0.15) is 0 Å². The molecule has 2 aromatic rings. The number of benzene rings is 2. The first kappa shape index (κ1) is 19.5. The molecule has 1 aliphatic rings. The van der Waals surface area contributed by atoms with Crippen LogP contribution in [0.25, 0.3) is 0 Å². The summed E-state index contributed by atoms with van der Waals surface area (Å²) in [5, 5.41) is 9.41. The number of nitrogens with zero attached hydrogens (tertiary/aromatic N) is 2. The maximum absolute atomic E-state index is 12.3. The number of hydrogen-bond donors (Lipinski definition) is 1. The van der Waals surface area contributed by atoms with Crippen molar-refractivity contribution in [3.8, 4) is 17.2 Å². The summed E-state index contributed by atoms with van der Waals surface area (Å²) >= 11 is 0. The molecule has 1 aliphatic heterocycles. The number of rotatable bonds is 6. The largest absolute Gasteiger partial charge is 0.508 e. The van der Waals surface area contributed by atoms with Crippen LogP contribution in [0.2, 0.25) is 0 Å². The molecule has 0 saturated carbocycles. The summed E-state index contributed by atoms with van der Waals surface area (Å²) in [5.74, 6) is 0.951. The van der Waals surface area contributed by atoms with Gasteiger partial charge in [0.2, 0.25) is 0 Å². The van der Waals surface area contributed by atoms with Crippen molar-refractivity contribution in [1.82, 2.24) is 9.80 Å². The molecule has 1 heterocycles. The first-order valence-corrected chi connectivity index (χ1v) is 9.18. The summed E-state index contributed by atoms with van der Waals surface area (Å²) in [6, 6.07) is 13.9. The Morgan fingerprint density at radius 2 is 1.39 bits per heavy atom. The van der Waals surface area contributed by atoms with Crippen LogP contribution in [0.3, 0.4) is 0 Å². The van der Waals surface area contributed by atoms with Crippen LogP contribution in [0.1, 0.15) is 5.56 Å². The summed E-state index contributed by atoms with van der Waals surface area (Å²) < 4.78 is 11.0. The zero-order valence-electron chi connectivity index (χ0n) is 15.8. The highest BCUT2D eigenvalue weighted by atomic mass is 16.5. The maximum Gasteiger partial charge on any atom is 0.260 e. The normalized spacial score (nSPS) is 13.9. The van der Waals surface area contributed by atoms with Crippen molar-refractivity contribution in [2.45, 2.75) is 6.92 Å². The lowest BCUT2D eigenvalue weighted by Gasteiger charge is -2.34. The topological polar surface area (TPSA) is 79.3 Å². The van der Waals surface area contributed by atoms with E-state index in [1.165, 1.54) is 12.1 Å². The van der Waals surface area contributed by atoms with Crippen LogP contribution in [0.5, 0.6) is 17.2 Å². The van der Waals surface area contributed by atoms with E-state index in [1.54, 1.807) is 21.9 Å². The van der Waals surface area contributed by atoms with Crippen molar-refractivity contribution in [2.24, 2.45) is 0 Å². The minimum absolute atomic E-state index is 0.0163. The van der Waals surface area contributed by atoms with Gasteiger partial charge in [-0.05, 0) is 31.2 Å². The second kappa shape index (κ2) is 9.12. The summed E-state index contributed by atoms with van der Waals surface area (Å²) in [5.41, 5.74) is 1.13. The molecule has 0 unspecified atom stereocenters. The summed E-state index contributed by atoms with van der Waals surface area (Å²) in [7, 11) is 0. The number of phenolic OH excluding ortho intramolecular Hbond substituents is 1. The molecule has 2 amide bonds. The molecule has 148 valence electrons. The van der Waals surface area contributed by atoms with Crippen LogP contribution in [0, 0.1) is 6.92 Å². The Hall–Kier alpha value is -3.22. The zero-order valence-corrected chi connectivity index (χ0v) is 15.8. The molecule has 1 saturated heterocycles. The summed E-state index contributed by atoms with van der Waals surface area (Å²) in [4.78, 5) is 28.0. The molecule has 1 fully saturated rings. The highest BCUT2D eigenvalue weighted by Gasteiger charge is 2.24. The van der Waals surface area contributed by atoms with Crippen molar-refractivity contribution in [2.75, 3.05) is 39.4 Å². The Bertz CT molecular complexity index is 814. The van der Waals surface area contributed by atoms with Gasteiger partial charge in [-0.15, -0.1) is 0 Å². The Kier molecular flexibility index (Phi) is 6.37. The Labute approximate surface area is 164 Å². The lowest BCUT2D eigenvalue weighted by molar-refractivity contribution is -0.141. The average molecular weight is 384 g/mol. The van der Waals surface area contributed by atoms with E-state index in [0.717, 1.165) is 5.56 Å². The number of ether oxygens (including phenoxy) is 2. The van der Waals surface area contributed by atoms with Gasteiger partial charge in [-0.25, -0.2) is 0 Å².